The van der Waals surface area contributed by atoms with Crippen LogP contribution in [0.25, 0.3) is 0 Å². The van der Waals surface area contributed by atoms with E-state index in [9.17, 15) is 4.39 Å². The third-order valence-electron chi connectivity index (χ3n) is 2.58. The predicted octanol–water partition coefficient (Wildman–Crippen LogP) is 2.59. The summed E-state index contributed by atoms with van der Waals surface area (Å²) < 4.78 is 19.4. The van der Waals surface area contributed by atoms with Crippen LogP contribution in [0.2, 0.25) is 0 Å². The van der Waals surface area contributed by atoms with Crippen LogP contribution in [0.1, 0.15) is 11.7 Å². The maximum Gasteiger partial charge on any atom is 0.137 e. The van der Waals surface area contributed by atoms with Gasteiger partial charge in [-0.05, 0) is 40.7 Å². The zero-order chi connectivity index (χ0) is 10.8. The fraction of sp³-hybridized carbons (Fsp3) is 0.455. The highest BCUT2D eigenvalue weighted by molar-refractivity contribution is 9.10. The van der Waals surface area contributed by atoms with Gasteiger partial charge in [-0.25, -0.2) is 4.39 Å². The topological polar surface area (TPSA) is 12.5 Å². The van der Waals surface area contributed by atoms with Crippen LogP contribution in [-0.2, 0) is 4.74 Å². The van der Waals surface area contributed by atoms with Gasteiger partial charge in [-0.15, -0.1) is 0 Å². The highest BCUT2D eigenvalue weighted by Crippen LogP contribution is 2.25. The van der Waals surface area contributed by atoms with Crippen LogP contribution in [0.5, 0.6) is 0 Å². The van der Waals surface area contributed by atoms with Gasteiger partial charge >= 0.3 is 0 Å². The molecule has 2 rings (SSSR count). The number of benzene rings is 1. The number of nitrogens with zero attached hydrogens (tertiary/aromatic N) is 1. The Morgan fingerprint density at radius 1 is 1.53 bits per heavy atom. The normalized spacial score (nSPS) is 23.0. The molecule has 1 aromatic rings. The Morgan fingerprint density at radius 3 is 3.00 bits per heavy atom. The lowest BCUT2D eigenvalue weighted by Crippen LogP contribution is -2.35. The van der Waals surface area contributed by atoms with E-state index in [1.807, 2.05) is 13.1 Å². The van der Waals surface area contributed by atoms with Crippen molar-refractivity contribution in [2.75, 3.05) is 26.7 Å². The second-order valence-electron chi connectivity index (χ2n) is 3.80. The molecule has 1 atom stereocenters. The fourth-order valence-corrected chi connectivity index (χ4v) is 1.94. The van der Waals surface area contributed by atoms with E-state index in [0.717, 1.165) is 18.7 Å². The van der Waals surface area contributed by atoms with Crippen molar-refractivity contribution in [2.24, 2.45) is 0 Å². The number of hydrogen-bond donors (Lipinski definition) is 0. The molecule has 0 aliphatic carbocycles. The molecule has 82 valence electrons. The van der Waals surface area contributed by atoms with Crippen molar-refractivity contribution in [3.8, 4) is 0 Å². The van der Waals surface area contributed by atoms with E-state index >= 15 is 0 Å². The van der Waals surface area contributed by atoms with Gasteiger partial charge in [-0.3, -0.25) is 0 Å². The van der Waals surface area contributed by atoms with Crippen molar-refractivity contribution in [1.82, 2.24) is 4.90 Å². The molecule has 2 nitrogen and oxygen atoms in total. The Morgan fingerprint density at radius 2 is 2.33 bits per heavy atom. The summed E-state index contributed by atoms with van der Waals surface area (Å²) in [4.78, 5) is 2.19. The third kappa shape index (κ3) is 2.56. The van der Waals surface area contributed by atoms with Crippen molar-refractivity contribution in [3.05, 3.63) is 34.1 Å². The van der Waals surface area contributed by atoms with E-state index in [1.54, 1.807) is 6.07 Å². The van der Waals surface area contributed by atoms with Crippen LogP contribution in [0.15, 0.2) is 22.7 Å². The summed E-state index contributed by atoms with van der Waals surface area (Å²) in [6.45, 7) is 2.47. The predicted molar refractivity (Wildman–Crippen MR) is 60.3 cm³/mol. The molecule has 1 aliphatic heterocycles. The van der Waals surface area contributed by atoms with E-state index in [4.69, 9.17) is 4.74 Å². The van der Waals surface area contributed by atoms with Gasteiger partial charge in [-0.2, -0.15) is 0 Å². The molecule has 0 radical (unpaired) electrons. The minimum Gasteiger partial charge on any atom is -0.371 e. The highest BCUT2D eigenvalue weighted by atomic mass is 79.9. The Hall–Kier alpha value is -0.450. The fourth-order valence-electron chi connectivity index (χ4n) is 1.69. The summed E-state index contributed by atoms with van der Waals surface area (Å²) in [7, 11) is 2.05. The van der Waals surface area contributed by atoms with Gasteiger partial charge in [0, 0.05) is 13.1 Å². The van der Waals surface area contributed by atoms with Crippen LogP contribution in [0.3, 0.4) is 0 Å². The summed E-state index contributed by atoms with van der Waals surface area (Å²) in [5, 5.41) is 0. The summed E-state index contributed by atoms with van der Waals surface area (Å²) in [5.74, 6) is -0.232. The number of hydrogen-bond acceptors (Lipinski definition) is 2. The zero-order valence-corrected chi connectivity index (χ0v) is 10.1. The molecule has 1 unspecified atom stereocenters. The summed E-state index contributed by atoms with van der Waals surface area (Å²) in [6.07, 6.45) is -0.00801. The molecule has 15 heavy (non-hydrogen) atoms. The van der Waals surface area contributed by atoms with Gasteiger partial charge in [0.05, 0.1) is 17.2 Å². The Balaban J connectivity index is 2.18. The SMILES string of the molecule is CN1CCOC(c2ccc(Br)c(F)c2)C1. The van der Waals surface area contributed by atoms with Crippen molar-refractivity contribution in [2.45, 2.75) is 6.10 Å². The molecule has 0 saturated carbocycles. The molecule has 1 aromatic carbocycles. The lowest BCUT2D eigenvalue weighted by Gasteiger charge is -2.30. The quantitative estimate of drug-likeness (QED) is 0.780. The number of halogens is 2. The molecule has 0 spiro atoms. The number of morpholine rings is 1. The van der Waals surface area contributed by atoms with Crippen LogP contribution < -0.4 is 0 Å². The van der Waals surface area contributed by atoms with Crippen molar-refractivity contribution < 1.29 is 9.13 Å². The molecule has 1 heterocycles. The molecule has 0 N–H and O–H groups in total. The smallest absolute Gasteiger partial charge is 0.137 e. The molecule has 0 aromatic heterocycles. The molecular weight excluding hydrogens is 261 g/mol. The van der Waals surface area contributed by atoms with E-state index in [0.29, 0.717) is 11.1 Å². The Kier molecular flexibility index (Phi) is 3.38. The highest BCUT2D eigenvalue weighted by Gasteiger charge is 2.20. The summed E-state index contributed by atoms with van der Waals surface area (Å²) in [5.41, 5.74) is 0.905. The first kappa shape index (κ1) is 11.0. The van der Waals surface area contributed by atoms with Gasteiger partial charge in [0.25, 0.3) is 0 Å². The van der Waals surface area contributed by atoms with E-state index < -0.39 is 0 Å². The minimum atomic E-state index is -0.232. The van der Waals surface area contributed by atoms with Crippen molar-refractivity contribution in [3.63, 3.8) is 0 Å². The lowest BCUT2D eigenvalue weighted by molar-refractivity contribution is -0.0210. The molecule has 4 heteroatoms. The van der Waals surface area contributed by atoms with E-state index in [2.05, 4.69) is 20.8 Å². The molecule has 1 fully saturated rings. The second-order valence-corrected chi connectivity index (χ2v) is 4.65. The maximum atomic E-state index is 13.3. The monoisotopic (exact) mass is 273 g/mol. The van der Waals surface area contributed by atoms with Crippen LogP contribution in [-0.4, -0.2) is 31.6 Å². The molecule has 1 saturated heterocycles. The van der Waals surface area contributed by atoms with Crippen LogP contribution >= 0.6 is 15.9 Å². The summed E-state index contributed by atoms with van der Waals surface area (Å²) in [6, 6.07) is 5.16. The molecule has 0 bridgehead atoms. The third-order valence-corrected chi connectivity index (χ3v) is 3.23. The van der Waals surface area contributed by atoms with Crippen molar-refractivity contribution >= 4 is 15.9 Å². The molecule has 1 aliphatic rings. The Bertz CT molecular complexity index is 358. The maximum absolute atomic E-state index is 13.3. The largest absolute Gasteiger partial charge is 0.371 e. The minimum absolute atomic E-state index is 0.00801. The second kappa shape index (κ2) is 4.60. The first-order valence-corrected chi connectivity index (χ1v) is 5.71. The molecular formula is C11H13BrFNO. The standard InChI is InChI=1S/C11H13BrFNO/c1-14-4-5-15-11(7-14)8-2-3-9(12)10(13)6-8/h2-3,6,11H,4-5,7H2,1H3. The first-order valence-electron chi connectivity index (χ1n) is 4.92. The lowest BCUT2D eigenvalue weighted by atomic mass is 10.1. The van der Waals surface area contributed by atoms with Crippen LogP contribution in [0, 0.1) is 5.82 Å². The zero-order valence-electron chi connectivity index (χ0n) is 8.54. The first-order chi connectivity index (χ1) is 7.16. The average Bonchev–Trinajstić information content (AvgIpc) is 2.22. The van der Waals surface area contributed by atoms with E-state index in [-0.39, 0.29) is 11.9 Å². The number of rotatable bonds is 1. The number of ether oxygens (including phenoxy) is 1. The van der Waals surface area contributed by atoms with Gasteiger partial charge in [0.1, 0.15) is 5.82 Å². The van der Waals surface area contributed by atoms with Gasteiger partial charge in [0.15, 0.2) is 0 Å². The number of likely N-dealkylation sites (N-methyl/N-ethyl adjacent to an activating group) is 1. The Labute approximate surface area is 97.2 Å². The van der Waals surface area contributed by atoms with Crippen molar-refractivity contribution in [1.29, 1.82) is 0 Å². The summed E-state index contributed by atoms with van der Waals surface area (Å²) >= 11 is 3.14. The van der Waals surface area contributed by atoms with Gasteiger partial charge in [0.2, 0.25) is 0 Å². The average molecular weight is 274 g/mol. The molecule has 0 amide bonds. The van der Waals surface area contributed by atoms with Gasteiger partial charge in [-0.1, -0.05) is 6.07 Å². The van der Waals surface area contributed by atoms with E-state index in [1.165, 1.54) is 6.07 Å². The van der Waals surface area contributed by atoms with Crippen LogP contribution in [0.4, 0.5) is 4.39 Å². The van der Waals surface area contributed by atoms with Gasteiger partial charge < -0.3 is 9.64 Å².